The average molecular weight is 455 g/mol. The molecule has 0 unspecified atom stereocenters. The van der Waals surface area contributed by atoms with E-state index in [0.29, 0.717) is 23.5 Å². The van der Waals surface area contributed by atoms with Crippen LogP contribution in [0.4, 0.5) is 11.4 Å². The van der Waals surface area contributed by atoms with Crippen LogP contribution in [-0.2, 0) is 9.53 Å². The first-order valence-electron chi connectivity index (χ1n) is 9.37. The monoisotopic (exact) mass is 454 g/mol. The Bertz CT molecular complexity index is 838. The van der Waals surface area contributed by atoms with Crippen LogP contribution in [0.5, 0.6) is 0 Å². The Morgan fingerprint density at radius 3 is 2.40 bits per heavy atom. The number of ether oxygens (including phenoxy) is 1. The van der Waals surface area contributed by atoms with E-state index in [1.165, 1.54) is 0 Å². The van der Waals surface area contributed by atoms with Crippen molar-refractivity contribution in [1.82, 2.24) is 10.3 Å². The number of nitrogens with zero attached hydrogens (tertiary/aromatic N) is 1. The van der Waals surface area contributed by atoms with Crippen LogP contribution in [0.1, 0.15) is 28.8 Å². The molecule has 9 heteroatoms. The molecule has 2 heterocycles. The fourth-order valence-corrected chi connectivity index (χ4v) is 3.41. The summed E-state index contributed by atoms with van der Waals surface area (Å²) in [5.74, 6) is -0.269. The summed E-state index contributed by atoms with van der Waals surface area (Å²) in [4.78, 5) is 29.4. The van der Waals surface area contributed by atoms with Crippen LogP contribution >= 0.6 is 24.8 Å². The summed E-state index contributed by atoms with van der Waals surface area (Å²) in [6, 6.07) is 8.82. The van der Waals surface area contributed by atoms with E-state index < -0.39 is 5.41 Å². The number of halogens is 2. The van der Waals surface area contributed by atoms with Gasteiger partial charge in [-0.25, -0.2) is 0 Å². The Kier molecular flexibility index (Phi) is 10.2. The second-order valence-electron chi connectivity index (χ2n) is 7.14. The van der Waals surface area contributed by atoms with Crippen LogP contribution in [0.2, 0.25) is 0 Å². The molecular weight excluding hydrogens is 427 g/mol. The topological polar surface area (TPSA) is 92.4 Å². The number of hydrogen-bond donors (Lipinski definition) is 3. The number of carbonyl (C=O) groups is 2. The normalized spacial score (nSPS) is 14.6. The van der Waals surface area contributed by atoms with E-state index in [0.717, 1.165) is 31.5 Å². The zero-order chi connectivity index (χ0) is 20.0. The van der Waals surface area contributed by atoms with E-state index in [4.69, 9.17) is 4.74 Å². The molecule has 2 aromatic rings. The number of aryl methyl sites for hydroxylation is 1. The number of anilines is 2. The number of pyridine rings is 1. The smallest absolute Gasteiger partial charge is 0.255 e. The summed E-state index contributed by atoms with van der Waals surface area (Å²) in [7, 11) is 1.62. The molecule has 30 heavy (non-hydrogen) atoms. The molecule has 2 amide bonds. The molecule has 7 nitrogen and oxygen atoms in total. The van der Waals surface area contributed by atoms with Gasteiger partial charge in [-0.15, -0.1) is 24.8 Å². The zero-order valence-corrected chi connectivity index (χ0v) is 18.7. The fourth-order valence-electron chi connectivity index (χ4n) is 3.41. The molecule has 0 spiro atoms. The van der Waals surface area contributed by atoms with Crippen molar-refractivity contribution in [2.75, 3.05) is 37.4 Å². The van der Waals surface area contributed by atoms with Crippen molar-refractivity contribution in [1.29, 1.82) is 0 Å². The molecule has 1 aliphatic heterocycles. The van der Waals surface area contributed by atoms with Crippen LogP contribution < -0.4 is 16.0 Å². The van der Waals surface area contributed by atoms with Crippen molar-refractivity contribution in [3.8, 4) is 0 Å². The number of aromatic nitrogens is 1. The van der Waals surface area contributed by atoms with Crippen molar-refractivity contribution in [3.05, 3.63) is 53.9 Å². The highest BCUT2D eigenvalue weighted by Crippen LogP contribution is 2.31. The second-order valence-corrected chi connectivity index (χ2v) is 7.14. The summed E-state index contributed by atoms with van der Waals surface area (Å²) < 4.78 is 5.34. The molecule has 0 bridgehead atoms. The van der Waals surface area contributed by atoms with Gasteiger partial charge in [-0.2, -0.15) is 0 Å². The van der Waals surface area contributed by atoms with Crippen molar-refractivity contribution in [2.45, 2.75) is 19.8 Å². The first kappa shape index (κ1) is 25.8. The summed E-state index contributed by atoms with van der Waals surface area (Å²) in [6.45, 7) is 3.88. The molecule has 1 aliphatic rings. The van der Waals surface area contributed by atoms with Crippen LogP contribution in [-0.4, -0.2) is 43.6 Å². The predicted octanol–water partition coefficient (Wildman–Crippen LogP) is 3.44. The summed E-state index contributed by atoms with van der Waals surface area (Å²) in [5.41, 5.74) is 2.21. The summed E-state index contributed by atoms with van der Waals surface area (Å²) in [6.07, 6.45) is 4.60. The van der Waals surface area contributed by atoms with Gasteiger partial charge in [0.25, 0.3) is 5.91 Å². The third kappa shape index (κ3) is 6.15. The number of carbonyl (C=O) groups excluding carboxylic acids is 2. The predicted molar refractivity (Wildman–Crippen MR) is 123 cm³/mol. The quantitative estimate of drug-likeness (QED) is 0.621. The van der Waals surface area contributed by atoms with Gasteiger partial charge in [-0.1, -0.05) is 6.07 Å². The number of hydrogen-bond acceptors (Lipinski definition) is 5. The van der Waals surface area contributed by atoms with E-state index in [-0.39, 0.29) is 36.6 Å². The van der Waals surface area contributed by atoms with Gasteiger partial charge in [-0.3, -0.25) is 14.6 Å². The van der Waals surface area contributed by atoms with Crippen LogP contribution in [0.25, 0.3) is 0 Å². The second kappa shape index (κ2) is 11.9. The largest absolute Gasteiger partial charge is 0.384 e. The molecule has 1 aromatic carbocycles. The molecule has 1 saturated heterocycles. The minimum Gasteiger partial charge on any atom is -0.384 e. The van der Waals surface area contributed by atoms with Crippen LogP contribution in [0.3, 0.4) is 0 Å². The van der Waals surface area contributed by atoms with E-state index in [9.17, 15) is 9.59 Å². The van der Waals surface area contributed by atoms with Crippen molar-refractivity contribution >= 4 is 48.0 Å². The zero-order valence-electron chi connectivity index (χ0n) is 17.1. The molecule has 1 fully saturated rings. The summed E-state index contributed by atoms with van der Waals surface area (Å²) >= 11 is 0. The number of rotatable bonds is 6. The maximum Gasteiger partial charge on any atom is 0.255 e. The molecule has 164 valence electrons. The van der Waals surface area contributed by atoms with Gasteiger partial charge < -0.3 is 20.7 Å². The molecule has 0 saturated carbocycles. The van der Waals surface area contributed by atoms with Gasteiger partial charge in [0.05, 0.1) is 12.0 Å². The molecule has 0 aliphatic carbocycles. The molecular formula is C21H28Cl2N4O3. The van der Waals surface area contributed by atoms with Crippen molar-refractivity contribution < 1.29 is 14.3 Å². The molecule has 0 radical (unpaired) electrons. The minimum atomic E-state index is -0.536. The number of nitrogens with one attached hydrogen (secondary N) is 3. The SMILES string of the molecule is COCC1(C(=O)Nc2ccc(C)c(NC(=O)c3ccncc3)c2)CCNCC1.Cl.Cl. The number of piperidine rings is 1. The van der Waals surface area contributed by atoms with E-state index >= 15 is 0 Å². The highest BCUT2D eigenvalue weighted by molar-refractivity contribution is 6.05. The lowest BCUT2D eigenvalue weighted by molar-refractivity contribution is -0.130. The molecule has 1 aromatic heterocycles. The first-order chi connectivity index (χ1) is 13.5. The van der Waals surface area contributed by atoms with Gasteiger partial charge in [0, 0.05) is 36.4 Å². The van der Waals surface area contributed by atoms with E-state index in [1.807, 2.05) is 19.1 Å². The van der Waals surface area contributed by atoms with Crippen molar-refractivity contribution in [3.63, 3.8) is 0 Å². The van der Waals surface area contributed by atoms with Gasteiger partial charge in [0.2, 0.25) is 5.91 Å². The Hall–Kier alpha value is -2.19. The molecule has 0 atom stereocenters. The Morgan fingerprint density at radius 1 is 1.10 bits per heavy atom. The van der Waals surface area contributed by atoms with Gasteiger partial charge in [0.1, 0.15) is 0 Å². The van der Waals surface area contributed by atoms with Gasteiger partial charge in [-0.05, 0) is 62.7 Å². The van der Waals surface area contributed by atoms with Crippen LogP contribution in [0.15, 0.2) is 42.7 Å². The van der Waals surface area contributed by atoms with Gasteiger partial charge in [0.15, 0.2) is 0 Å². The highest BCUT2D eigenvalue weighted by atomic mass is 35.5. The van der Waals surface area contributed by atoms with E-state index in [1.54, 1.807) is 37.7 Å². The average Bonchev–Trinajstić information content (AvgIpc) is 2.72. The van der Waals surface area contributed by atoms with E-state index in [2.05, 4.69) is 20.9 Å². The first-order valence-corrected chi connectivity index (χ1v) is 9.37. The van der Waals surface area contributed by atoms with Gasteiger partial charge >= 0.3 is 0 Å². The standard InChI is InChI=1S/C21H26N4O3.2ClH/c1-15-3-4-17(13-18(15)25-19(26)16-5-9-22-10-6-16)24-20(27)21(14-28-2)7-11-23-12-8-21;;/h3-6,9-10,13,23H,7-8,11-12,14H2,1-2H3,(H,24,27)(H,25,26);2*1H. The Balaban J connectivity index is 0.00000225. The number of amides is 2. The lowest BCUT2D eigenvalue weighted by Crippen LogP contribution is -2.47. The summed E-state index contributed by atoms with van der Waals surface area (Å²) in [5, 5.41) is 9.19. The molecule has 3 N–H and O–H groups in total. The number of benzene rings is 1. The highest BCUT2D eigenvalue weighted by Gasteiger charge is 2.39. The van der Waals surface area contributed by atoms with Crippen LogP contribution in [0, 0.1) is 12.3 Å². The van der Waals surface area contributed by atoms with Crippen molar-refractivity contribution in [2.24, 2.45) is 5.41 Å². The third-order valence-electron chi connectivity index (χ3n) is 5.15. The number of methoxy groups -OCH3 is 1. The Morgan fingerprint density at radius 2 is 1.77 bits per heavy atom. The maximum atomic E-state index is 13.0. The lowest BCUT2D eigenvalue weighted by Gasteiger charge is -2.35. The minimum absolute atomic E-state index is 0. The molecule has 3 rings (SSSR count). The fraction of sp³-hybridized carbons (Fsp3) is 0.381. The third-order valence-corrected chi connectivity index (χ3v) is 5.15. The lowest BCUT2D eigenvalue weighted by atomic mass is 9.78. The Labute approximate surface area is 189 Å². The maximum absolute atomic E-state index is 13.0.